The molecule has 1 aromatic rings. The van der Waals surface area contributed by atoms with E-state index in [0.717, 1.165) is 10.2 Å². The van der Waals surface area contributed by atoms with Gasteiger partial charge in [0, 0.05) is 17.3 Å². The zero-order valence-electron chi connectivity index (χ0n) is 7.33. The lowest BCUT2D eigenvalue weighted by Crippen LogP contribution is -2.05. The van der Waals surface area contributed by atoms with Gasteiger partial charge in [-0.25, -0.2) is 0 Å². The lowest BCUT2D eigenvalue weighted by molar-refractivity contribution is 1.40. The molecule has 0 aliphatic heterocycles. The summed E-state index contributed by atoms with van der Waals surface area (Å²) in [5.74, 6) is 0.864. The SMILES string of the molecule is CN=C(N)SCc1cccc(Br)c1. The van der Waals surface area contributed by atoms with Crippen LogP contribution in [0.25, 0.3) is 0 Å². The molecule has 0 amide bonds. The molecule has 70 valence electrons. The Balaban J connectivity index is 2.55. The summed E-state index contributed by atoms with van der Waals surface area (Å²) in [7, 11) is 1.70. The van der Waals surface area contributed by atoms with Crippen LogP contribution in [0.5, 0.6) is 0 Å². The average Bonchev–Trinajstić information content (AvgIpc) is 2.14. The molecule has 2 nitrogen and oxygen atoms in total. The molecule has 0 aliphatic rings. The summed E-state index contributed by atoms with van der Waals surface area (Å²) in [6.45, 7) is 0. The van der Waals surface area contributed by atoms with Crippen LogP contribution in [-0.4, -0.2) is 12.2 Å². The maximum atomic E-state index is 5.56. The fourth-order valence-corrected chi connectivity index (χ4v) is 1.92. The lowest BCUT2D eigenvalue weighted by atomic mass is 10.2. The molecule has 4 heteroatoms. The zero-order chi connectivity index (χ0) is 9.68. The van der Waals surface area contributed by atoms with Gasteiger partial charge in [0.1, 0.15) is 0 Å². The van der Waals surface area contributed by atoms with Gasteiger partial charge in [-0.15, -0.1) is 0 Å². The minimum Gasteiger partial charge on any atom is -0.379 e. The standard InChI is InChI=1S/C9H11BrN2S/c1-12-9(11)13-6-7-3-2-4-8(10)5-7/h2-5H,6H2,1H3,(H2,11,12). The summed E-state index contributed by atoms with van der Waals surface area (Å²) in [6, 6.07) is 8.17. The summed E-state index contributed by atoms with van der Waals surface area (Å²) in [5.41, 5.74) is 6.80. The van der Waals surface area contributed by atoms with Gasteiger partial charge in [0.2, 0.25) is 0 Å². The molecule has 0 unspecified atom stereocenters. The van der Waals surface area contributed by atoms with E-state index in [-0.39, 0.29) is 0 Å². The lowest BCUT2D eigenvalue weighted by Gasteiger charge is -2.00. The van der Waals surface area contributed by atoms with Crippen molar-refractivity contribution in [3.8, 4) is 0 Å². The molecule has 0 bridgehead atoms. The zero-order valence-corrected chi connectivity index (χ0v) is 9.73. The van der Waals surface area contributed by atoms with Crippen molar-refractivity contribution >= 4 is 32.9 Å². The molecular formula is C9H11BrN2S. The van der Waals surface area contributed by atoms with Crippen molar-refractivity contribution in [2.24, 2.45) is 10.7 Å². The van der Waals surface area contributed by atoms with Gasteiger partial charge in [0.25, 0.3) is 0 Å². The number of thioether (sulfide) groups is 1. The average molecular weight is 259 g/mol. The van der Waals surface area contributed by atoms with E-state index in [4.69, 9.17) is 5.73 Å². The van der Waals surface area contributed by atoms with E-state index in [2.05, 4.69) is 33.1 Å². The van der Waals surface area contributed by atoms with Crippen molar-refractivity contribution in [2.45, 2.75) is 5.75 Å². The Morgan fingerprint density at radius 1 is 1.62 bits per heavy atom. The van der Waals surface area contributed by atoms with Crippen molar-refractivity contribution in [1.82, 2.24) is 0 Å². The number of benzene rings is 1. The second kappa shape index (κ2) is 5.29. The number of halogens is 1. The van der Waals surface area contributed by atoms with Gasteiger partial charge < -0.3 is 5.73 Å². The maximum absolute atomic E-state index is 5.56. The Labute approximate surface area is 90.8 Å². The van der Waals surface area contributed by atoms with Crippen molar-refractivity contribution in [3.05, 3.63) is 34.3 Å². The number of nitrogens with zero attached hydrogens (tertiary/aromatic N) is 1. The van der Waals surface area contributed by atoms with Crippen LogP contribution < -0.4 is 5.73 Å². The molecule has 0 saturated heterocycles. The molecule has 0 atom stereocenters. The third-order valence-electron chi connectivity index (χ3n) is 1.50. The van der Waals surface area contributed by atoms with Crippen LogP contribution in [-0.2, 0) is 5.75 Å². The largest absolute Gasteiger partial charge is 0.379 e. The van der Waals surface area contributed by atoms with Crippen molar-refractivity contribution in [3.63, 3.8) is 0 Å². The molecular weight excluding hydrogens is 248 g/mol. The van der Waals surface area contributed by atoms with Crippen molar-refractivity contribution in [1.29, 1.82) is 0 Å². The number of rotatable bonds is 2. The van der Waals surface area contributed by atoms with Gasteiger partial charge in [-0.05, 0) is 17.7 Å². The smallest absolute Gasteiger partial charge is 0.153 e. The topological polar surface area (TPSA) is 38.4 Å². The molecule has 0 aromatic heterocycles. The fourth-order valence-electron chi connectivity index (χ4n) is 0.849. The summed E-state index contributed by atoms with van der Waals surface area (Å²) in [4.78, 5) is 3.87. The van der Waals surface area contributed by atoms with E-state index < -0.39 is 0 Å². The summed E-state index contributed by atoms with van der Waals surface area (Å²) in [6.07, 6.45) is 0. The summed E-state index contributed by atoms with van der Waals surface area (Å²) >= 11 is 4.96. The first-order chi connectivity index (χ1) is 6.22. The van der Waals surface area contributed by atoms with Crippen molar-refractivity contribution in [2.75, 3.05) is 7.05 Å². The minimum atomic E-state index is 0.625. The quantitative estimate of drug-likeness (QED) is 0.655. The molecule has 0 fully saturated rings. The monoisotopic (exact) mass is 258 g/mol. The van der Waals surface area contributed by atoms with Crippen LogP contribution in [0.2, 0.25) is 0 Å². The number of hydrogen-bond donors (Lipinski definition) is 1. The second-order valence-electron chi connectivity index (χ2n) is 2.48. The minimum absolute atomic E-state index is 0.625. The van der Waals surface area contributed by atoms with Gasteiger partial charge >= 0.3 is 0 Å². The molecule has 0 radical (unpaired) electrons. The predicted molar refractivity (Wildman–Crippen MR) is 63.0 cm³/mol. The molecule has 13 heavy (non-hydrogen) atoms. The first-order valence-electron chi connectivity index (χ1n) is 3.82. The molecule has 1 rings (SSSR count). The predicted octanol–water partition coefficient (Wildman–Crippen LogP) is 2.63. The normalized spacial score (nSPS) is 11.7. The van der Waals surface area contributed by atoms with E-state index in [1.165, 1.54) is 5.56 Å². The Hall–Kier alpha value is -0.480. The third kappa shape index (κ3) is 3.83. The highest BCUT2D eigenvalue weighted by atomic mass is 79.9. The maximum Gasteiger partial charge on any atom is 0.153 e. The van der Waals surface area contributed by atoms with Gasteiger partial charge in [-0.1, -0.05) is 39.8 Å². The Morgan fingerprint density at radius 2 is 2.38 bits per heavy atom. The van der Waals surface area contributed by atoms with Crippen LogP contribution in [0.4, 0.5) is 0 Å². The van der Waals surface area contributed by atoms with E-state index in [0.29, 0.717) is 5.17 Å². The number of amidine groups is 1. The molecule has 0 aliphatic carbocycles. The number of nitrogens with two attached hydrogens (primary N) is 1. The molecule has 0 spiro atoms. The van der Waals surface area contributed by atoms with Crippen LogP contribution in [0.15, 0.2) is 33.7 Å². The number of aliphatic imine (C=N–C) groups is 1. The van der Waals surface area contributed by atoms with Crippen LogP contribution in [0.1, 0.15) is 5.56 Å². The van der Waals surface area contributed by atoms with E-state index in [9.17, 15) is 0 Å². The van der Waals surface area contributed by atoms with E-state index in [1.807, 2.05) is 12.1 Å². The number of hydrogen-bond acceptors (Lipinski definition) is 2. The summed E-state index contributed by atoms with van der Waals surface area (Å²) in [5, 5.41) is 0.625. The molecule has 1 aromatic carbocycles. The van der Waals surface area contributed by atoms with Gasteiger partial charge in [0.05, 0.1) is 0 Å². The Kier molecular flexibility index (Phi) is 4.32. The van der Waals surface area contributed by atoms with E-state index in [1.54, 1.807) is 18.8 Å². The van der Waals surface area contributed by atoms with E-state index >= 15 is 0 Å². The highest BCUT2D eigenvalue weighted by Gasteiger charge is 1.96. The second-order valence-corrected chi connectivity index (χ2v) is 4.39. The molecule has 2 N–H and O–H groups in total. The first kappa shape index (κ1) is 10.6. The van der Waals surface area contributed by atoms with Crippen molar-refractivity contribution < 1.29 is 0 Å². The summed E-state index contributed by atoms with van der Waals surface area (Å²) < 4.78 is 1.10. The molecule has 0 heterocycles. The Morgan fingerprint density at radius 3 is 3.00 bits per heavy atom. The van der Waals surface area contributed by atoms with Gasteiger partial charge in [0.15, 0.2) is 5.17 Å². The fraction of sp³-hybridized carbons (Fsp3) is 0.222. The first-order valence-corrected chi connectivity index (χ1v) is 5.59. The van der Waals surface area contributed by atoms with Gasteiger partial charge in [-0.3, -0.25) is 4.99 Å². The Bertz CT molecular complexity index is 312. The van der Waals surface area contributed by atoms with Gasteiger partial charge in [-0.2, -0.15) is 0 Å². The van der Waals surface area contributed by atoms with Crippen LogP contribution in [0, 0.1) is 0 Å². The van der Waals surface area contributed by atoms with Crippen LogP contribution in [0.3, 0.4) is 0 Å². The molecule has 0 saturated carbocycles. The van der Waals surface area contributed by atoms with Crippen LogP contribution >= 0.6 is 27.7 Å². The highest BCUT2D eigenvalue weighted by Crippen LogP contribution is 2.16. The third-order valence-corrected chi connectivity index (χ3v) is 2.95. The highest BCUT2D eigenvalue weighted by molar-refractivity contribution is 9.10.